The van der Waals surface area contributed by atoms with E-state index in [4.69, 9.17) is 0 Å². The lowest BCUT2D eigenvalue weighted by atomic mass is 10.1. The molecule has 2 aromatic carbocycles. The largest absolute Gasteiger partial charge is 0.350 e. The molecule has 0 aliphatic heterocycles. The fourth-order valence-electron chi connectivity index (χ4n) is 2.46. The van der Waals surface area contributed by atoms with Crippen molar-refractivity contribution in [2.45, 2.75) is 13.3 Å². The van der Waals surface area contributed by atoms with Gasteiger partial charge in [-0.1, -0.05) is 30.3 Å². The molecular weight excluding hydrogens is 331 g/mol. The summed E-state index contributed by atoms with van der Waals surface area (Å²) in [7, 11) is 0. The zero-order valence-corrected chi connectivity index (χ0v) is 14.4. The third-order valence-electron chi connectivity index (χ3n) is 3.73. The topological polar surface area (TPSA) is 66.9 Å². The SMILES string of the molecule is Cc1cc(C(=O)NCCc2ccccc2)nc(Nc2ccc(F)cc2)n1. The van der Waals surface area contributed by atoms with Gasteiger partial charge < -0.3 is 10.6 Å². The van der Waals surface area contributed by atoms with Crippen LogP contribution < -0.4 is 10.6 Å². The molecule has 0 saturated heterocycles. The molecule has 2 N–H and O–H groups in total. The molecule has 0 fully saturated rings. The molecule has 0 saturated carbocycles. The molecule has 0 aliphatic rings. The lowest BCUT2D eigenvalue weighted by Crippen LogP contribution is -2.27. The number of carbonyl (C=O) groups is 1. The highest BCUT2D eigenvalue weighted by Crippen LogP contribution is 2.14. The molecule has 132 valence electrons. The third-order valence-corrected chi connectivity index (χ3v) is 3.73. The number of nitrogens with one attached hydrogen (secondary N) is 2. The van der Waals surface area contributed by atoms with E-state index >= 15 is 0 Å². The molecule has 0 atom stereocenters. The zero-order chi connectivity index (χ0) is 18.4. The molecule has 3 rings (SSSR count). The molecule has 5 nitrogen and oxygen atoms in total. The van der Waals surface area contributed by atoms with Crippen LogP contribution in [0.4, 0.5) is 16.0 Å². The second kappa shape index (κ2) is 8.20. The highest BCUT2D eigenvalue weighted by molar-refractivity contribution is 5.92. The maximum Gasteiger partial charge on any atom is 0.270 e. The van der Waals surface area contributed by atoms with E-state index < -0.39 is 0 Å². The number of aromatic nitrogens is 2. The smallest absolute Gasteiger partial charge is 0.270 e. The summed E-state index contributed by atoms with van der Waals surface area (Å²) < 4.78 is 13.0. The van der Waals surface area contributed by atoms with E-state index in [2.05, 4.69) is 20.6 Å². The molecule has 3 aromatic rings. The molecule has 0 spiro atoms. The summed E-state index contributed by atoms with van der Waals surface area (Å²) in [6.07, 6.45) is 0.747. The maximum absolute atomic E-state index is 13.0. The summed E-state index contributed by atoms with van der Waals surface area (Å²) in [6.45, 7) is 2.31. The lowest BCUT2D eigenvalue weighted by molar-refractivity contribution is 0.0949. The Morgan fingerprint density at radius 2 is 1.77 bits per heavy atom. The van der Waals surface area contributed by atoms with Gasteiger partial charge in [0.15, 0.2) is 0 Å². The second-order valence-electron chi connectivity index (χ2n) is 5.84. The summed E-state index contributed by atoms with van der Waals surface area (Å²) in [5.74, 6) is -0.280. The molecule has 0 aliphatic carbocycles. The fourth-order valence-corrected chi connectivity index (χ4v) is 2.46. The van der Waals surface area contributed by atoms with E-state index in [0.29, 0.717) is 23.9 Å². The Balaban J connectivity index is 1.64. The number of amides is 1. The molecule has 0 bridgehead atoms. The van der Waals surface area contributed by atoms with E-state index in [1.807, 2.05) is 30.3 Å². The number of carbonyl (C=O) groups excluding carboxylic acids is 1. The van der Waals surface area contributed by atoms with Crippen molar-refractivity contribution in [2.24, 2.45) is 0 Å². The molecule has 1 aromatic heterocycles. The molecule has 6 heteroatoms. The molecule has 1 amide bonds. The quantitative estimate of drug-likeness (QED) is 0.712. The van der Waals surface area contributed by atoms with E-state index in [-0.39, 0.29) is 17.4 Å². The Kier molecular flexibility index (Phi) is 5.53. The van der Waals surface area contributed by atoms with Gasteiger partial charge in [-0.3, -0.25) is 4.79 Å². The lowest BCUT2D eigenvalue weighted by Gasteiger charge is -2.09. The van der Waals surface area contributed by atoms with Crippen molar-refractivity contribution in [1.82, 2.24) is 15.3 Å². The van der Waals surface area contributed by atoms with Gasteiger partial charge in [0.05, 0.1) is 0 Å². The van der Waals surface area contributed by atoms with Crippen LogP contribution in [0.2, 0.25) is 0 Å². The van der Waals surface area contributed by atoms with Crippen molar-refractivity contribution in [2.75, 3.05) is 11.9 Å². The predicted octanol–water partition coefficient (Wildman–Crippen LogP) is 3.64. The van der Waals surface area contributed by atoms with Crippen molar-refractivity contribution < 1.29 is 9.18 Å². The maximum atomic E-state index is 13.0. The Morgan fingerprint density at radius 3 is 2.50 bits per heavy atom. The van der Waals surface area contributed by atoms with Crippen molar-refractivity contribution in [3.63, 3.8) is 0 Å². The predicted molar refractivity (Wildman–Crippen MR) is 98.9 cm³/mol. The number of aryl methyl sites for hydroxylation is 1. The summed E-state index contributed by atoms with van der Waals surface area (Å²) in [6, 6.07) is 17.4. The van der Waals surface area contributed by atoms with Crippen LogP contribution in [0.25, 0.3) is 0 Å². The summed E-state index contributed by atoms with van der Waals surface area (Å²) in [5, 5.41) is 5.85. The van der Waals surface area contributed by atoms with Gasteiger partial charge in [-0.25, -0.2) is 14.4 Å². The molecule has 0 radical (unpaired) electrons. The third kappa shape index (κ3) is 4.86. The minimum absolute atomic E-state index is 0.256. The Labute approximate surface area is 151 Å². The Morgan fingerprint density at radius 1 is 1.04 bits per heavy atom. The van der Waals surface area contributed by atoms with Gasteiger partial charge in [0.1, 0.15) is 11.5 Å². The van der Waals surface area contributed by atoms with Gasteiger partial charge in [0.2, 0.25) is 5.95 Å². The highest BCUT2D eigenvalue weighted by Gasteiger charge is 2.10. The van der Waals surface area contributed by atoms with Gasteiger partial charge in [-0.05, 0) is 49.2 Å². The number of hydrogen-bond acceptors (Lipinski definition) is 4. The fraction of sp³-hybridized carbons (Fsp3) is 0.150. The molecular formula is C20H19FN4O. The summed E-state index contributed by atoms with van der Waals surface area (Å²) >= 11 is 0. The van der Waals surface area contributed by atoms with E-state index in [9.17, 15) is 9.18 Å². The first-order chi connectivity index (χ1) is 12.6. The number of anilines is 2. The first-order valence-corrected chi connectivity index (χ1v) is 8.30. The summed E-state index contributed by atoms with van der Waals surface area (Å²) in [5.41, 5.74) is 2.76. The van der Waals surface area contributed by atoms with Crippen LogP contribution in [-0.4, -0.2) is 22.4 Å². The van der Waals surface area contributed by atoms with Gasteiger partial charge in [-0.15, -0.1) is 0 Å². The molecule has 1 heterocycles. The monoisotopic (exact) mass is 350 g/mol. The first kappa shape index (κ1) is 17.5. The number of benzene rings is 2. The first-order valence-electron chi connectivity index (χ1n) is 8.30. The van der Waals surface area contributed by atoms with Crippen molar-refractivity contribution in [3.8, 4) is 0 Å². The van der Waals surface area contributed by atoms with Gasteiger partial charge in [-0.2, -0.15) is 0 Å². The van der Waals surface area contributed by atoms with Gasteiger partial charge in [0.25, 0.3) is 5.91 Å². The van der Waals surface area contributed by atoms with Crippen LogP contribution in [0.5, 0.6) is 0 Å². The van der Waals surface area contributed by atoms with Crippen LogP contribution in [0.1, 0.15) is 21.7 Å². The Hall–Kier alpha value is -3.28. The standard InChI is InChI=1S/C20H19FN4O/c1-14-13-18(19(26)22-12-11-15-5-3-2-4-6-15)25-20(23-14)24-17-9-7-16(21)8-10-17/h2-10,13H,11-12H2,1H3,(H,22,26)(H,23,24,25). The molecule has 26 heavy (non-hydrogen) atoms. The van der Waals surface area contributed by atoms with Gasteiger partial charge >= 0.3 is 0 Å². The van der Waals surface area contributed by atoms with E-state index in [1.54, 1.807) is 25.1 Å². The van der Waals surface area contributed by atoms with Crippen LogP contribution in [0.15, 0.2) is 60.7 Å². The van der Waals surface area contributed by atoms with Crippen LogP contribution in [-0.2, 0) is 6.42 Å². The number of rotatable bonds is 6. The minimum Gasteiger partial charge on any atom is -0.350 e. The Bertz CT molecular complexity index is 882. The second-order valence-corrected chi connectivity index (χ2v) is 5.84. The van der Waals surface area contributed by atoms with E-state index in [0.717, 1.165) is 12.0 Å². The van der Waals surface area contributed by atoms with Crippen LogP contribution in [0.3, 0.4) is 0 Å². The van der Waals surface area contributed by atoms with Crippen molar-refractivity contribution in [3.05, 3.63) is 83.4 Å². The number of nitrogens with zero attached hydrogens (tertiary/aromatic N) is 2. The number of halogens is 1. The van der Waals surface area contributed by atoms with Crippen LogP contribution >= 0.6 is 0 Å². The normalized spacial score (nSPS) is 10.4. The summed E-state index contributed by atoms with van der Waals surface area (Å²) in [4.78, 5) is 20.9. The van der Waals surface area contributed by atoms with Crippen molar-refractivity contribution in [1.29, 1.82) is 0 Å². The molecule has 0 unspecified atom stereocenters. The van der Waals surface area contributed by atoms with Gasteiger partial charge in [0, 0.05) is 17.9 Å². The number of hydrogen-bond donors (Lipinski definition) is 2. The average Bonchev–Trinajstić information content (AvgIpc) is 2.64. The average molecular weight is 350 g/mol. The van der Waals surface area contributed by atoms with Crippen molar-refractivity contribution >= 4 is 17.5 Å². The minimum atomic E-state index is -0.320. The zero-order valence-electron chi connectivity index (χ0n) is 14.4. The highest BCUT2D eigenvalue weighted by atomic mass is 19.1. The van der Waals surface area contributed by atoms with E-state index in [1.165, 1.54) is 12.1 Å². The van der Waals surface area contributed by atoms with Crippen LogP contribution in [0, 0.1) is 12.7 Å².